The zero-order chi connectivity index (χ0) is 13.2. The van der Waals surface area contributed by atoms with Crippen LogP contribution in [0.15, 0.2) is 24.3 Å². The molecule has 1 aromatic rings. The highest BCUT2D eigenvalue weighted by molar-refractivity contribution is 7.83. The van der Waals surface area contributed by atoms with E-state index in [0.29, 0.717) is 13.1 Å². The molecule has 100 valence electrons. The molecule has 1 aliphatic rings. The van der Waals surface area contributed by atoms with E-state index in [1.165, 1.54) is 0 Å². The lowest BCUT2D eigenvalue weighted by molar-refractivity contribution is 0.333. The van der Waals surface area contributed by atoms with Gasteiger partial charge in [0.05, 0.1) is 12.8 Å². The van der Waals surface area contributed by atoms with E-state index in [1.807, 2.05) is 29.2 Å². The molecule has 0 aliphatic carbocycles. The molecule has 0 unspecified atom stereocenters. The monoisotopic (exact) mass is 272 g/mol. The predicted molar refractivity (Wildman–Crippen MR) is 68.3 cm³/mol. The number of benzene rings is 1. The number of piperazine rings is 1. The van der Waals surface area contributed by atoms with Crippen LogP contribution in [0.5, 0.6) is 5.75 Å². The van der Waals surface area contributed by atoms with Gasteiger partial charge in [-0.25, -0.2) is 0 Å². The van der Waals surface area contributed by atoms with Crippen molar-refractivity contribution in [2.24, 2.45) is 0 Å². The fraction of sp³-hybridized carbons (Fsp3) is 0.455. The minimum Gasteiger partial charge on any atom is -0.495 e. The van der Waals surface area contributed by atoms with E-state index in [4.69, 9.17) is 9.29 Å². The Bertz CT molecular complexity index is 510. The Labute approximate surface area is 107 Å². The van der Waals surface area contributed by atoms with Crippen molar-refractivity contribution in [1.82, 2.24) is 4.31 Å². The summed E-state index contributed by atoms with van der Waals surface area (Å²) in [5.41, 5.74) is 0.940. The van der Waals surface area contributed by atoms with Crippen LogP contribution in [-0.4, -0.2) is 50.6 Å². The standard InChI is InChI=1S/C11H16N2O4S/c1-17-11-5-3-2-4-10(11)12-6-8-13(9-7-12)18(14,15)16/h2-5H,6-9H2,1H3,(H,14,15,16). The van der Waals surface area contributed by atoms with Gasteiger partial charge in [0.2, 0.25) is 0 Å². The van der Waals surface area contributed by atoms with E-state index in [0.717, 1.165) is 15.7 Å². The molecule has 18 heavy (non-hydrogen) atoms. The first-order chi connectivity index (χ1) is 8.52. The minimum absolute atomic E-state index is 0.275. The minimum atomic E-state index is -4.07. The van der Waals surface area contributed by atoms with E-state index < -0.39 is 10.3 Å². The first-order valence-corrected chi connectivity index (χ1v) is 7.02. The largest absolute Gasteiger partial charge is 0.495 e. The van der Waals surface area contributed by atoms with Gasteiger partial charge < -0.3 is 9.64 Å². The van der Waals surface area contributed by atoms with Crippen LogP contribution in [0.4, 0.5) is 5.69 Å². The van der Waals surface area contributed by atoms with E-state index in [9.17, 15) is 8.42 Å². The van der Waals surface area contributed by atoms with Crippen molar-refractivity contribution in [3.63, 3.8) is 0 Å². The zero-order valence-electron chi connectivity index (χ0n) is 10.1. The van der Waals surface area contributed by atoms with Gasteiger partial charge in [-0.2, -0.15) is 12.7 Å². The van der Waals surface area contributed by atoms with Crippen LogP contribution in [-0.2, 0) is 10.3 Å². The Morgan fingerprint density at radius 1 is 1.17 bits per heavy atom. The van der Waals surface area contributed by atoms with Gasteiger partial charge in [0.1, 0.15) is 5.75 Å². The second kappa shape index (κ2) is 5.13. The van der Waals surface area contributed by atoms with Crippen LogP contribution in [0.2, 0.25) is 0 Å². The second-order valence-electron chi connectivity index (χ2n) is 4.04. The van der Waals surface area contributed by atoms with Crippen LogP contribution >= 0.6 is 0 Å². The third-order valence-corrected chi connectivity index (χ3v) is 4.01. The molecule has 0 atom stereocenters. The van der Waals surface area contributed by atoms with Crippen LogP contribution < -0.4 is 9.64 Å². The van der Waals surface area contributed by atoms with Gasteiger partial charge in [0.15, 0.2) is 0 Å². The smallest absolute Gasteiger partial charge is 0.336 e. The topological polar surface area (TPSA) is 70.1 Å². The maximum Gasteiger partial charge on any atom is 0.336 e. The summed E-state index contributed by atoms with van der Waals surface area (Å²) in [5, 5.41) is 0. The number of hydrogen-bond acceptors (Lipinski definition) is 4. The highest BCUT2D eigenvalue weighted by atomic mass is 32.2. The lowest BCUT2D eigenvalue weighted by Crippen LogP contribution is -2.48. The van der Waals surface area contributed by atoms with Crippen molar-refractivity contribution in [3.05, 3.63) is 24.3 Å². The molecule has 0 amide bonds. The summed E-state index contributed by atoms with van der Waals surface area (Å²) in [4.78, 5) is 2.04. The summed E-state index contributed by atoms with van der Waals surface area (Å²) in [6, 6.07) is 7.59. The van der Waals surface area contributed by atoms with Gasteiger partial charge in [-0.05, 0) is 12.1 Å². The Hall–Kier alpha value is -1.31. The van der Waals surface area contributed by atoms with Crippen LogP contribution in [0.25, 0.3) is 0 Å². The van der Waals surface area contributed by atoms with Crippen molar-refractivity contribution < 1.29 is 17.7 Å². The third kappa shape index (κ3) is 2.74. The summed E-state index contributed by atoms with van der Waals surface area (Å²) in [7, 11) is -2.47. The fourth-order valence-electron chi connectivity index (χ4n) is 2.05. The summed E-state index contributed by atoms with van der Waals surface area (Å²) >= 11 is 0. The van der Waals surface area contributed by atoms with Gasteiger partial charge in [-0.3, -0.25) is 4.55 Å². The molecule has 7 heteroatoms. The molecular weight excluding hydrogens is 256 g/mol. The average molecular weight is 272 g/mol. The molecule has 0 radical (unpaired) electrons. The molecule has 1 heterocycles. The van der Waals surface area contributed by atoms with Gasteiger partial charge in [0, 0.05) is 26.2 Å². The van der Waals surface area contributed by atoms with Crippen LogP contribution in [0.3, 0.4) is 0 Å². The molecule has 2 rings (SSSR count). The molecule has 0 bridgehead atoms. The first-order valence-electron chi connectivity index (χ1n) is 5.63. The molecule has 0 spiro atoms. The van der Waals surface area contributed by atoms with Crippen molar-refractivity contribution in [2.75, 3.05) is 38.2 Å². The van der Waals surface area contributed by atoms with E-state index in [-0.39, 0.29) is 13.1 Å². The van der Waals surface area contributed by atoms with E-state index in [1.54, 1.807) is 7.11 Å². The van der Waals surface area contributed by atoms with Gasteiger partial charge in [-0.1, -0.05) is 12.1 Å². The molecule has 1 aromatic carbocycles. The number of hydrogen-bond donors (Lipinski definition) is 1. The fourth-order valence-corrected chi connectivity index (χ4v) is 2.68. The Kier molecular flexibility index (Phi) is 3.74. The second-order valence-corrected chi connectivity index (χ2v) is 5.45. The zero-order valence-corrected chi connectivity index (χ0v) is 10.9. The number of anilines is 1. The molecule has 6 nitrogen and oxygen atoms in total. The number of rotatable bonds is 3. The Morgan fingerprint density at radius 3 is 2.33 bits per heavy atom. The van der Waals surface area contributed by atoms with Crippen LogP contribution in [0.1, 0.15) is 0 Å². The lowest BCUT2D eigenvalue weighted by Gasteiger charge is -2.34. The number of ether oxygens (including phenoxy) is 1. The SMILES string of the molecule is COc1ccccc1N1CCN(S(=O)(=O)O)CC1. The summed E-state index contributed by atoms with van der Waals surface area (Å²) < 4.78 is 37.3. The summed E-state index contributed by atoms with van der Waals surface area (Å²) in [6.45, 7) is 1.61. The number of nitrogens with zero attached hydrogens (tertiary/aromatic N) is 2. The molecule has 0 aromatic heterocycles. The van der Waals surface area contributed by atoms with Crippen molar-refractivity contribution in [3.8, 4) is 5.75 Å². The third-order valence-electron chi connectivity index (χ3n) is 2.99. The number of methoxy groups -OCH3 is 1. The van der Waals surface area contributed by atoms with Crippen molar-refractivity contribution in [1.29, 1.82) is 0 Å². The maximum absolute atomic E-state index is 11.0. The molecule has 1 saturated heterocycles. The molecule has 1 fully saturated rings. The molecule has 0 saturated carbocycles. The normalized spacial score (nSPS) is 17.8. The summed E-state index contributed by atoms with van der Waals surface area (Å²) in [5.74, 6) is 0.762. The van der Waals surface area contributed by atoms with Gasteiger partial charge >= 0.3 is 10.3 Å². The lowest BCUT2D eigenvalue weighted by atomic mass is 10.2. The van der Waals surface area contributed by atoms with Gasteiger partial charge in [0.25, 0.3) is 0 Å². The van der Waals surface area contributed by atoms with Gasteiger partial charge in [-0.15, -0.1) is 0 Å². The average Bonchev–Trinajstić information content (AvgIpc) is 2.38. The highest BCUT2D eigenvalue weighted by Gasteiger charge is 2.25. The Morgan fingerprint density at radius 2 is 1.78 bits per heavy atom. The first kappa shape index (κ1) is 13.1. The molecule has 1 aliphatic heterocycles. The Balaban J connectivity index is 2.10. The highest BCUT2D eigenvalue weighted by Crippen LogP contribution is 2.28. The van der Waals surface area contributed by atoms with E-state index >= 15 is 0 Å². The van der Waals surface area contributed by atoms with Crippen LogP contribution in [0, 0.1) is 0 Å². The summed E-state index contributed by atoms with van der Waals surface area (Å²) in [6.07, 6.45) is 0. The quantitative estimate of drug-likeness (QED) is 0.817. The molecular formula is C11H16N2O4S. The number of para-hydroxylation sites is 2. The predicted octanol–water partition coefficient (Wildman–Crippen LogP) is 0.620. The van der Waals surface area contributed by atoms with E-state index in [2.05, 4.69) is 0 Å². The molecule has 1 N–H and O–H groups in total. The van der Waals surface area contributed by atoms with Crippen molar-refractivity contribution in [2.45, 2.75) is 0 Å². The maximum atomic E-state index is 11.0. The van der Waals surface area contributed by atoms with Crippen molar-refractivity contribution >= 4 is 16.0 Å².